The number of sulfonamides is 1. The molecule has 1 unspecified atom stereocenters. The maximum absolute atomic E-state index is 12.7. The van der Waals surface area contributed by atoms with Crippen LogP contribution in [0, 0.1) is 6.92 Å². The summed E-state index contributed by atoms with van der Waals surface area (Å²) in [6.45, 7) is 3.24. The predicted octanol–water partition coefficient (Wildman–Crippen LogP) is 2.62. The number of benzene rings is 2. The largest absolute Gasteiger partial charge is 0.337 e. The van der Waals surface area contributed by atoms with E-state index in [1.807, 2.05) is 31.0 Å². The quantitative estimate of drug-likeness (QED) is 0.827. The molecule has 7 heteroatoms. The van der Waals surface area contributed by atoms with Crippen LogP contribution in [0.2, 0.25) is 0 Å². The number of carbonyl (C=O) groups is 1. The van der Waals surface area contributed by atoms with E-state index in [0.717, 1.165) is 24.9 Å². The van der Waals surface area contributed by atoms with E-state index in [4.69, 9.17) is 0 Å². The van der Waals surface area contributed by atoms with Gasteiger partial charge in [0.05, 0.1) is 10.6 Å². The molecule has 0 aromatic heterocycles. The number of hydrogen-bond acceptors (Lipinski definition) is 4. The van der Waals surface area contributed by atoms with E-state index in [1.54, 1.807) is 24.3 Å². The summed E-state index contributed by atoms with van der Waals surface area (Å²) in [6.07, 6.45) is 2.02. The summed E-state index contributed by atoms with van der Waals surface area (Å²) >= 11 is 0. The van der Waals surface area contributed by atoms with Gasteiger partial charge in [-0.1, -0.05) is 18.2 Å². The van der Waals surface area contributed by atoms with Crippen LogP contribution in [0.15, 0.2) is 53.4 Å². The number of likely N-dealkylation sites (tertiary alicyclic amines) is 1. The van der Waals surface area contributed by atoms with Crippen LogP contribution in [0.3, 0.4) is 0 Å². The Balaban J connectivity index is 1.74. The highest BCUT2D eigenvalue weighted by Gasteiger charge is 2.24. The molecule has 1 saturated heterocycles. The second kappa shape index (κ2) is 8.10. The van der Waals surface area contributed by atoms with Gasteiger partial charge in [0.2, 0.25) is 0 Å². The lowest BCUT2D eigenvalue weighted by Gasteiger charge is -2.32. The van der Waals surface area contributed by atoms with Gasteiger partial charge in [0.25, 0.3) is 15.9 Å². The van der Waals surface area contributed by atoms with Crippen molar-refractivity contribution < 1.29 is 13.2 Å². The number of anilines is 1. The van der Waals surface area contributed by atoms with E-state index in [9.17, 15) is 13.2 Å². The zero-order valence-corrected chi connectivity index (χ0v) is 16.4. The van der Waals surface area contributed by atoms with Gasteiger partial charge in [-0.25, -0.2) is 8.42 Å². The van der Waals surface area contributed by atoms with E-state index >= 15 is 0 Å². The van der Waals surface area contributed by atoms with Crippen LogP contribution in [0.1, 0.15) is 28.8 Å². The normalized spacial score (nSPS) is 17.6. The zero-order valence-electron chi connectivity index (χ0n) is 15.6. The van der Waals surface area contributed by atoms with Gasteiger partial charge < -0.3 is 10.2 Å². The average molecular weight is 388 g/mol. The van der Waals surface area contributed by atoms with Crippen LogP contribution >= 0.6 is 0 Å². The Morgan fingerprint density at radius 3 is 2.48 bits per heavy atom. The fourth-order valence-electron chi connectivity index (χ4n) is 3.25. The highest BCUT2D eigenvalue weighted by Crippen LogP contribution is 2.20. The molecule has 2 N–H and O–H groups in total. The lowest BCUT2D eigenvalue weighted by Crippen LogP contribution is -2.46. The topological polar surface area (TPSA) is 78.5 Å². The number of amides is 1. The Hall–Kier alpha value is -2.38. The molecule has 2 aromatic carbocycles. The monoisotopic (exact) mass is 387 g/mol. The third kappa shape index (κ3) is 4.48. The van der Waals surface area contributed by atoms with E-state index in [-0.39, 0.29) is 10.8 Å². The summed E-state index contributed by atoms with van der Waals surface area (Å²) in [4.78, 5) is 14.6. The standard InChI is InChI=1S/C20H25N3O3S/c1-15-6-3-4-8-19(15)22-27(25,26)18-11-9-16(10-12-18)20(24)23-13-5-7-17(14-23)21-2/h3-4,6,8-12,17,21-22H,5,7,13-14H2,1-2H3. The molecule has 0 saturated carbocycles. The van der Waals surface area contributed by atoms with E-state index in [1.165, 1.54) is 12.1 Å². The number of nitrogens with one attached hydrogen (secondary N) is 2. The van der Waals surface area contributed by atoms with Crippen LogP contribution in [-0.2, 0) is 10.0 Å². The lowest BCUT2D eigenvalue weighted by molar-refractivity contribution is 0.0698. The van der Waals surface area contributed by atoms with Crippen molar-refractivity contribution in [1.82, 2.24) is 10.2 Å². The molecule has 3 rings (SSSR count). The van der Waals surface area contributed by atoms with Crippen molar-refractivity contribution >= 4 is 21.6 Å². The Kier molecular flexibility index (Phi) is 5.82. The number of para-hydroxylation sites is 1. The summed E-state index contributed by atoms with van der Waals surface area (Å²) in [7, 11) is -1.80. The minimum Gasteiger partial charge on any atom is -0.337 e. The molecular formula is C20H25N3O3S. The third-order valence-electron chi connectivity index (χ3n) is 4.92. The molecule has 1 aliphatic rings. The van der Waals surface area contributed by atoms with Gasteiger partial charge in [0.15, 0.2) is 0 Å². The number of piperidine rings is 1. The fourth-order valence-corrected chi connectivity index (χ4v) is 4.38. The molecule has 144 valence electrons. The summed E-state index contributed by atoms with van der Waals surface area (Å²) < 4.78 is 27.8. The van der Waals surface area contributed by atoms with Crippen LogP contribution in [0.4, 0.5) is 5.69 Å². The lowest BCUT2D eigenvalue weighted by atomic mass is 10.0. The van der Waals surface area contributed by atoms with Crippen molar-refractivity contribution in [2.45, 2.75) is 30.7 Å². The number of hydrogen-bond donors (Lipinski definition) is 2. The Morgan fingerprint density at radius 1 is 1.11 bits per heavy atom. The van der Waals surface area contributed by atoms with Crippen LogP contribution in [-0.4, -0.2) is 45.4 Å². The van der Waals surface area contributed by atoms with Gasteiger partial charge >= 0.3 is 0 Å². The van der Waals surface area contributed by atoms with Gasteiger partial charge in [-0.3, -0.25) is 9.52 Å². The molecular weight excluding hydrogens is 362 g/mol. The van der Waals surface area contributed by atoms with Crippen LogP contribution < -0.4 is 10.0 Å². The highest BCUT2D eigenvalue weighted by atomic mass is 32.2. The summed E-state index contributed by atoms with van der Waals surface area (Å²) in [5.74, 6) is -0.0641. The second-order valence-electron chi connectivity index (χ2n) is 6.82. The zero-order chi connectivity index (χ0) is 19.4. The van der Waals surface area contributed by atoms with Gasteiger partial charge in [-0.05, 0) is 62.7 Å². The van der Waals surface area contributed by atoms with Crippen molar-refractivity contribution in [2.75, 3.05) is 24.9 Å². The molecule has 0 spiro atoms. The Labute approximate surface area is 160 Å². The smallest absolute Gasteiger partial charge is 0.261 e. The van der Waals surface area contributed by atoms with Crippen molar-refractivity contribution in [3.63, 3.8) is 0 Å². The molecule has 1 atom stereocenters. The van der Waals surface area contributed by atoms with Gasteiger partial charge in [0, 0.05) is 24.7 Å². The van der Waals surface area contributed by atoms with E-state index < -0.39 is 10.0 Å². The van der Waals surface area contributed by atoms with Crippen molar-refractivity contribution in [2.24, 2.45) is 0 Å². The SMILES string of the molecule is CNC1CCCN(C(=O)c2ccc(S(=O)(=O)Nc3ccccc3C)cc2)C1. The molecule has 1 amide bonds. The first-order valence-corrected chi connectivity index (χ1v) is 10.5. The first-order valence-electron chi connectivity index (χ1n) is 9.06. The average Bonchev–Trinajstić information content (AvgIpc) is 2.69. The molecule has 0 aliphatic carbocycles. The number of carbonyl (C=O) groups excluding carboxylic acids is 1. The summed E-state index contributed by atoms with van der Waals surface area (Å²) in [6, 6.07) is 13.6. The molecule has 1 heterocycles. The van der Waals surface area contributed by atoms with E-state index in [0.29, 0.717) is 23.8 Å². The van der Waals surface area contributed by atoms with Gasteiger partial charge in [-0.2, -0.15) is 0 Å². The number of aryl methyl sites for hydroxylation is 1. The minimum absolute atomic E-state index is 0.0641. The summed E-state index contributed by atoms with van der Waals surface area (Å²) in [5.41, 5.74) is 1.89. The maximum Gasteiger partial charge on any atom is 0.261 e. The third-order valence-corrected chi connectivity index (χ3v) is 6.30. The first-order chi connectivity index (χ1) is 12.9. The van der Waals surface area contributed by atoms with Crippen LogP contribution in [0.5, 0.6) is 0 Å². The molecule has 2 aromatic rings. The molecule has 27 heavy (non-hydrogen) atoms. The first kappa shape index (κ1) is 19.4. The molecule has 1 aliphatic heterocycles. The molecule has 1 fully saturated rings. The van der Waals surface area contributed by atoms with Crippen LogP contribution in [0.25, 0.3) is 0 Å². The Bertz CT molecular complexity index is 910. The Morgan fingerprint density at radius 2 is 1.81 bits per heavy atom. The number of likely N-dealkylation sites (N-methyl/N-ethyl adjacent to an activating group) is 1. The number of rotatable bonds is 5. The van der Waals surface area contributed by atoms with E-state index in [2.05, 4.69) is 10.0 Å². The predicted molar refractivity (Wildman–Crippen MR) is 106 cm³/mol. The highest BCUT2D eigenvalue weighted by molar-refractivity contribution is 7.92. The minimum atomic E-state index is -3.70. The fraction of sp³-hybridized carbons (Fsp3) is 0.350. The molecule has 6 nitrogen and oxygen atoms in total. The molecule has 0 bridgehead atoms. The van der Waals surface area contributed by atoms with Gasteiger partial charge in [-0.15, -0.1) is 0 Å². The summed E-state index contributed by atoms with van der Waals surface area (Å²) in [5, 5.41) is 3.22. The maximum atomic E-state index is 12.7. The van der Waals surface area contributed by atoms with Crippen molar-refractivity contribution in [1.29, 1.82) is 0 Å². The number of nitrogens with zero attached hydrogens (tertiary/aromatic N) is 1. The second-order valence-corrected chi connectivity index (χ2v) is 8.51. The molecule has 0 radical (unpaired) electrons. The van der Waals surface area contributed by atoms with Crippen molar-refractivity contribution in [3.8, 4) is 0 Å². The van der Waals surface area contributed by atoms with Gasteiger partial charge in [0.1, 0.15) is 0 Å². The van der Waals surface area contributed by atoms with Crippen molar-refractivity contribution in [3.05, 3.63) is 59.7 Å².